The molecule has 0 aromatic heterocycles. The van der Waals surface area contributed by atoms with Crippen LogP contribution in [0.4, 0.5) is 0 Å². The smallest absolute Gasteiger partial charge is 0.254 e. The molecule has 0 bridgehead atoms. The zero-order chi connectivity index (χ0) is 16.1. The topological polar surface area (TPSA) is 29.5 Å². The number of hydrogen-bond donors (Lipinski definition) is 0. The van der Waals surface area contributed by atoms with Crippen molar-refractivity contribution in [3.05, 3.63) is 77.4 Å². The average Bonchev–Trinajstić information content (AvgIpc) is 2.62. The van der Waals surface area contributed by atoms with Crippen molar-refractivity contribution in [2.45, 2.75) is 13.0 Å². The zero-order valence-corrected chi connectivity index (χ0v) is 13.4. The number of methoxy groups -OCH3 is 1. The number of ether oxygens (including phenoxy) is 1. The van der Waals surface area contributed by atoms with Crippen molar-refractivity contribution in [2.75, 3.05) is 20.2 Å². The van der Waals surface area contributed by atoms with Crippen LogP contribution < -0.4 is 0 Å². The molecule has 1 amide bonds. The van der Waals surface area contributed by atoms with E-state index in [-0.39, 0.29) is 5.91 Å². The quantitative estimate of drug-likeness (QED) is 0.860. The number of benzene rings is 2. The van der Waals surface area contributed by atoms with Gasteiger partial charge in [0.1, 0.15) is 0 Å². The molecule has 1 heterocycles. The Morgan fingerprint density at radius 1 is 1.13 bits per heavy atom. The monoisotopic (exact) mass is 307 g/mol. The van der Waals surface area contributed by atoms with E-state index in [9.17, 15) is 4.79 Å². The molecule has 0 aliphatic carbocycles. The number of hydrogen-bond acceptors (Lipinski definition) is 2. The van der Waals surface area contributed by atoms with Crippen LogP contribution in [0.2, 0.25) is 0 Å². The van der Waals surface area contributed by atoms with Crippen LogP contribution >= 0.6 is 0 Å². The fraction of sp³-hybridized carbons (Fsp3) is 0.250. The van der Waals surface area contributed by atoms with Crippen molar-refractivity contribution in [3.63, 3.8) is 0 Å². The molecule has 2 aromatic rings. The summed E-state index contributed by atoms with van der Waals surface area (Å²) in [4.78, 5) is 14.6. The van der Waals surface area contributed by atoms with Gasteiger partial charge in [-0.15, -0.1) is 0 Å². The van der Waals surface area contributed by atoms with Crippen LogP contribution in [0.5, 0.6) is 0 Å². The Morgan fingerprint density at radius 3 is 2.65 bits per heavy atom. The lowest BCUT2D eigenvalue weighted by Crippen LogP contribution is -2.34. The van der Waals surface area contributed by atoms with Crippen molar-refractivity contribution in [2.24, 2.45) is 0 Å². The Labute approximate surface area is 137 Å². The molecule has 118 valence electrons. The maximum absolute atomic E-state index is 12.7. The van der Waals surface area contributed by atoms with Crippen LogP contribution in [0.15, 0.2) is 60.7 Å². The molecule has 0 saturated carbocycles. The summed E-state index contributed by atoms with van der Waals surface area (Å²) in [6.07, 6.45) is 3.06. The first-order valence-electron chi connectivity index (χ1n) is 7.89. The van der Waals surface area contributed by atoms with Gasteiger partial charge in [-0.25, -0.2) is 0 Å². The molecule has 0 N–H and O–H groups in total. The van der Waals surface area contributed by atoms with Gasteiger partial charge < -0.3 is 9.64 Å². The molecule has 3 nitrogen and oxygen atoms in total. The van der Waals surface area contributed by atoms with Crippen LogP contribution in [0, 0.1) is 0 Å². The SMILES string of the molecule is COCc1cccc(C(=O)N2CC=C(c3ccccc3)CC2)c1. The minimum Gasteiger partial charge on any atom is -0.380 e. The molecule has 0 atom stereocenters. The number of nitrogens with zero attached hydrogens (tertiary/aromatic N) is 1. The molecular formula is C20H21NO2. The molecule has 0 spiro atoms. The predicted octanol–water partition coefficient (Wildman–Crippen LogP) is 3.76. The van der Waals surface area contributed by atoms with E-state index in [1.54, 1.807) is 7.11 Å². The van der Waals surface area contributed by atoms with Gasteiger partial charge in [0.25, 0.3) is 5.91 Å². The molecule has 0 saturated heterocycles. The number of carbonyl (C=O) groups excluding carboxylic acids is 1. The van der Waals surface area contributed by atoms with E-state index in [1.165, 1.54) is 11.1 Å². The highest BCUT2D eigenvalue weighted by Crippen LogP contribution is 2.23. The van der Waals surface area contributed by atoms with Crippen LogP contribution in [0.1, 0.15) is 27.9 Å². The highest BCUT2D eigenvalue weighted by atomic mass is 16.5. The number of amides is 1. The Bertz CT molecular complexity index is 707. The summed E-state index contributed by atoms with van der Waals surface area (Å²) in [7, 11) is 1.66. The van der Waals surface area contributed by atoms with Gasteiger partial charge in [0.05, 0.1) is 6.61 Å². The van der Waals surface area contributed by atoms with Gasteiger partial charge in [-0.2, -0.15) is 0 Å². The van der Waals surface area contributed by atoms with Gasteiger partial charge in [0.15, 0.2) is 0 Å². The van der Waals surface area contributed by atoms with E-state index in [0.29, 0.717) is 13.2 Å². The summed E-state index contributed by atoms with van der Waals surface area (Å²) >= 11 is 0. The largest absolute Gasteiger partial charge is 0.380 e. The molecule has 0 radical (unpaired) electrons. The van der Waals surface area contributed by atoms with Crippen LogP contribution in [0.25, 0.3) is 5.57 Å². The average molecular weight is 307 g/mol. The normalized spacial score (nSPS) is 14.5. The lowest BCUT2D eigenvalue weighted by Gasteiger charge is -2.27. The highest BCUT2D eigenvalue weighted by molar-refractivity contribution is 5.95. The van der Waals surface area contributed by atoms with E-state index < -0.39 is 0 Å². The predicted molar refractivity (Wildman–Crippen MR) is 92.1 cm³/mol. The van der Waals surface area contributed by atoms with Gasteiger partial charge >= 0.3 is 0 Å². The Hall–Kier alpha value is -2.39. The fourth-order valence-electron chi connectivity index (χ4n) is 2.91. The zero-order valence-electron chi connectivity index (χ0n) is 13.4. The molecule has 1 aliphatic heterocycles. The van der Waals surface area contributed by atoms with E-state index >= 15 is 0 Å². The van der Waals surface area contributed by atoms with E-state index in [0.717, 1.165) is 24.1 Å². The molecule has 23 heavy (non-hydrogen) atoms. The molecular weight excluding hydrogens is 286 g/mol. The Kier molecular flexibility index (Phi) is 4.89. The molecule has 3 heteroatoms. The van der Waals surface area contributed by atoms with Crippen molar-refractivity contribution in [3.8, 4) is 0 Å². The van der Waals surface area contributed by atoms with Crippen molar-refractivity contribution < 1.29 is 9.53 Å². The summed E-state index contributed by atoms with van der Waals surface area (Å²) in [5.74, 6) is 0.0892. The Morgan fingerprint density at radius 2 is 1.96 bits per heavy atom. The van der Waals surface area contributed by atoms with Crippen LogP contribution in [-0.4, -0.2) is 31.0 Å². The summed E-state index contributed by atoms with van der Waals surface area (Å²) in [5.41, 5.74) is 4.33. The summed E-state index contributed by atoms with van der Waals surface area (Å²) < 4.78 is 5.14. The minimum atomic E-state index is 0.0892. The lowest BCUT2D eigenvalue weighted by molar-refractivity contribution is 0.0772. The number of carbonyl (C=O) groups is 1. The summed E-state index contributed by atoms with van der Waals surface area (Å²) in [6, 6.07) is 18.1. The third kappa shape index (κ3) is 3.69. The van der Waals surface area contributed by atoms with Gasteiger partial charge in [-0.3, -0.25) is 4.79 Å². The minimum absolute atomic E-state index is 0.0892. The van der Waals surface area contributed by atoms with Crippen molar-refractivity contribution >= 4 is 11.5 Å². The first kappa shape index (κ1) is 15.5. The van der Waals surface area contributed by atoms with Gasteiger partial charge in [0.2, 0.25) is 0 Å². The first-order chi connectivity index (χ1) is 11.3. The van der Waals surface area contributed by atoms with Crippen LogP contribution in [-0.2, 0) is 11.3 Å². The third-order valence-corrected chi connectivity index (χ3v) is 4.13. The van der Waals surface area contributed by atoms with E-state index in [2.05, 4.69) is 30.3 Å². The molecule has 0 fully saturated rings. The standard InChI is InChI=1S/C20H21NO2/c1-23-15-16-6-5-9-19(14-16)20(22)21-12-10-18(11-13-21)17-7-3-2-4-8-17/h2-10,14H,11-13,15H2,1H3. The molecule has 3 rings (SSSR count). The Balaban J connectivity index is 1.71. The highest BCUT2D eigenvalue weighted by Gasteiger charge is 2.19. The third-order valence-electron chi connectivity index (χ3n) is 4.13. The van der Waals surface area contributed by atoms with Gasteiger partial charge in [-0.1, -0.05) is 48.5 Å². The molecule has 0 unspecified atom stereocenters. The fourth-order valence-corrected chi connectivity index (χ4v) is 2.91. The lowest BCUT2D eigenvalue weighted by atomic mass is 9.99. The van der Waals surface area contributed by atoms with Crippen LogP contribution in [0.3, 0.4) is 0 Å². The van der Waals surface area contributed by atoms with Gasteiger partial charge in [-0.05, 0) is 35.3 Å². The van der Waals surface area contributed by atoms with Crippen molar-refractivity contribution in [1.29, 1.82) is 0 Å². The maximum atomic E-state index is 12.7. The maximum Gasteiger partial charge on any atom is 0.254 e. The van der Waals surface area contributed by atoms with Gasteiger partial charge in [0, 0.05) is 25.8 Å². The summed E-state index contributed by atoms with van der Waals surface area (Å²) in [6.45, 7) is 1.95. The number of rotatable bonds is 4. The molecule has 1 aliphatic rings. The van der Waals surface area contributed by atoms with E-state index in [4.69, 9.17) is 4.74 Å². The summed E-state index contributed by atoms with van der Waals surface area (Å²) in [5, 5.41) is 0. The van der Waals surface area contributed by atoms with E-state index in [1.807, 2.05) is 35.2 Å². The van der Waals surface area contributed by atoms with Crippen molar-refractivity contribution in [1.82, 2.24) is 4.90 Å². The molecule has 2 aromatic carbocycles. The second-order valence-electron chi connectivity index (χ2n) is 5.73. The second-order valence-corrected chi connectivity index (χ2v) is 5.73. The second kappa shape index (κ2) is 7.25. The first-order valence-corrected chi connectivity index (χ1v) is 7.89.